The Hall–Kier alpha value is -0.0800. The highest BCUT2D eigenvalue weighted by Gasteiger charge is 2.00. The van der Waals surface area contributed by atoms with Crippen LogP contribution < -0.4 is 11.1 Å². The monoisotopic (exact) mass is 258 g/mol. The van der Waals surface area contributed by atoms with Gasteiger partial charge in [0.15, 0.2) is 0 Å². The molecule has 0 heterocycles. The van der Waals surface area contributed by atoms with E-state index >= 15 is 0 Å². The van der Waals surface area contributed by atoms with Crippen molar-refractivity contribution in [2.75, 3.05) is 19.6 Å². The van der Waals surface area contributed by atoms with E-state index in [4.69, 9.17) is 5.73 Å². The average Bonchev–Trinajstić information content (AvgIpc) is 2.41. The Kier molecular flexibility index (Phi) is 21.7. The Morgan fingerprint density at radius 2 is 1.56 bits per heavy atom. The van der Waals surface area contributed by atoms with Crippen LogP contribution in [-0.2, 0) is 0 Å². The third-order valence-corrected chi connectivity index (χ3v) is 3.33. The van der Waals surface area contributed by atoms with Crippen molar-refractivity contribution in [2.45, 2.75) is 79.1 Å². The molecule has 2 heteroatoms. The second-order valence-electron chi connectivity index (χ2n) is 5.07. The Bertz CT molecular complexity index is 116. The summed E-state index contributed by atoms with van der Waals surface area (Å²) in [6.45, 7) is 12.0. The summed E-state index contributed by atoms with van der Waals surface area (Å²) in [7, 11) is 0. The smallest absolute Gasteiger partial charge is 0.00490 e. The molecule has 0 saturated heterocycles. The van der Waals surface area contributed by atoms with Crippen LogP contribution in [0.4, 0.5) is 0 Å². The minimum atomic E-state index is 0.782. The summed E-state index contributed by atoms with van der Waals surface area (Å²) in [5, 5.41) is 3.31. The molecular formula is C16H38N2. The lowest BCUT2D eigenvalue weighted by atomic mass is 10.00. The van der Waals surface area contributed by atoms with Gasteiger partial charge in [-0.2, -0.15) is 0 Å². The Balaban J connectivity index is 0. The van der Waals surface area contributed by atoms with Gasteiger partial charge in [-0.3, -0.25) is 0 Å². The number of nitrogens with two attached hydrogens (primary N) is 1. The van der Waals surface area contributed by atoms with Crippen molar-refractivity contribution in [3.05, 3.63) is 0 Å². The molecule has 0 aliphatic carbocycles. The Morgan fingerprint density at radius 3 is 2.00 bits per heavy atom. The van der Waals surface area contributed by atoms with Gasteiger partial charge < -0.3 is 11.1 Å². The van der Waals surface area contributed by atoms with Crippen LogP contribution in [0.3, 0.4) is 0 Å². The Labute approximate surface area is 116 Å². The van der Waals surface area contributed by atoms with Crippen LogP contribution in [0, 0.1) is 5.92 Å². The topological polar surface area (TPSA) is 38.0 Å². The number of rotatable bonds is 11. The molecule has 0 radical (unpaired) electrons. The van der Waals surface area contributed by atoms with Gasteiger partial charge in [0, 0.05) is 0 Å². The fraction of sp³-hybridized carbons (Fsp3) is 1.00. The zero-order valence-corrected chi connectivity index (χ0v) is 13.4. The summed E-state index contributed by atoms with van der Waals surface area (Å²) in [6, 6.07) is 0. The summed E-state index contributed by atoms with van der Waals surface area (Å²) >= 11 is 0. The maximum absolute atomic E-state index is 5.52. The van der Waals surface area contributed by atoms with E-state index in [0.717, 1.165) is 19.0 Å². The van der Waals surface area contributed by atoms with Gasteiger partial charge in [0.1, 0.15) is 0 Å². The van der Waals surface area contributed by atoms with Crippen molar-refractivity contribution in [2.24, 2.45) is 11.7 Å². The molecule has 0 fully saturated rings. The lowest BCUT2D eigenvalue weighted by Crippen LogP contribution is -2.13. The quantitative estimate of drug-likeness (QED) is 0.541. The van der Waals surface area contributed by atoms with Gasteiger partial charge in [-0.15, -0.1) is 0 Å². The summed E-state index contributed by atoms with van der Waals surface area (Å²) in [4.78, 5) is 0. The maximum atomic E-state index is 5.52. The van der Waals surface area contributed by atoms with Gasteiger partial charge in [0.25, 0.3) is 0 Å². The maximum Gasteiger partial charge on any atom is -0.00490 e. The first-order chi connectivity index (χ1) is 8.76. The lowest BCUT2D eigenvalue weighted by molar-refractivity contribution is 0.461. The first-order valence-electron chi connectivity index (χ1n) is 8.17. The highest BCUT2D eigenvalue weighted by atomic mass is 14.8. The number of unbranched alkanes of at least 4 members (excludes halogenated alkanes) is 4. The van der Waals surface area contributed by atoms with E-state index in [-0.39, 0.29) is 0 Å². The third-order valence-electron chi connectivity index (χ3n) is 3.33. The fourth-order valence-corrected chi connectivity index (χ4v) is 1.83. The minimum Gasteiger partial charge on any atom is -0.330 e. The highest BCUT2D eigenvalue weighted by Crippen LogP contribution is 2.09. The molecule has 0 aliphatic heterocycles. The van der Waals surface area contributed by atoms with Crippen molar-refractivity contribution >= 4 is 0 Å². The van der Waals surface area contributed by atoms with Gasteiger partial charge in [-0.1, -0.05) is 66.2 Å². The average molecular weight is 258 g/mol. The predicted molar refractivity (Wildman–Crippen MR) is 85.0 cm³/mol. The van der Waals surface area contributed by atoms with Crippen LogP contribution >= 0.6 is 0 Å². The molecule has 0 amide bonds. The van der Waals surface area contributed by atoms with E-state index in [0.29, 0.717) is 0 Å². The van der Waals surface area contributed by atoms with E-state index in [2.05, 4.69) is 33.0 Å². The molecule has 1 atom stereocenters. The predicted octanol–water partition coefficient (Wildman–Crippen LogP) is 4.34. The summed E-state index contributed by atoms with van der Waals surface area (Å²) < 4.78 is 0. The van der Waals surface area contributed by atoms with Crippen LogP contribution in [0.5, 0.6) is 0 Å². The zero-order valence-electron chi connectivity index (χ0n) is 13.4. The van der Waals surface area contributed by atoms with E-state index < -0.39 is 0 Å². The van der Waals surface area contributed by atoms with Crippen LogP contribution in [0.15, 0.2) is 0 Å². The first kappa shape index (κ1) is 20.2. The molecule has 0 aromatic carbocycles. The molecule has 2 nitrogen and oxygen atoms in total. The van der Waals surface area contributed by atoms with E-state index in [1.807, 2.05) is 0 Å². The molecule has 0 spiro atoms. The molecule has 3 N–H and O–H groups in total. The minimum absolute atomic E-state index is 0.782. The molecule has 0 bridgehead atoms. The van der Waals surface area contributed by atoms with Gasteiger partial charge in [-0.25, -0.2) is 0 Å². The van der Waals surface area contributed by atoms with Crippen molar-refractivity contribution in [1.29, 1.82) is 0 Å². The van der Waals surface area contributed by atoms with E-state index in [1.165, 1.54) is 57.9 Å². The van der Waals surface area contributed by atoms with Crippen LogP contribution in [-0.4, -0.2) is 19.6 Å². The molecule has 0 saturated carbocycles. The summed E-state index contributed by atoms with van der Waals surface area (Å²) in [6.07, 6.45) is 10.7. The molecule has 18 heavy (non-hydrogen) atoms. The van der Waals surface area contributed by atoms with Gasteiger partial charge >= 0.3 is 0 Å². The SMILES string of the molecule is CCCCC(CC)CN.CCCCCCNCC. The van der Waals surface area contributed by atoms with E-state index in [9.17, 15) is 0 Å². The molecule has 0 aliphatic rings. The molecule has 0 aromatic rings. The van der Waals surface area contributed by atoms with Crippen LogP contribution in [0.2, 0.25) is 0 Å². The molecule has 1 unspecified atom stereocenters. The molecule has 0 rings (SSSR count). The van der Waals surface area contributed by atoms with Crippen molar-refractivity contribution in [1.82, 2.24) is 5.32 Å². The number of nitrogens with one attached hydrogen (secondary N) is 1. The number of hydrogen-bond acceptors (Lipinski definition) is 2. The standard InChI is InChI=1S/2C8H19N/c1-3-5-6-8(4-2)7-9;1-3-5-6-7-8-9-4-2/h8H,3-7,9H2,1-2H3;9H,3-8H2,1-2H3. The normalized spacial score (nSPS) is 11.8. The largest absolute Gasteiger partial charge is 0.330 e. The second-order valence-corrected chi connectivity index (χ2v) is 5.07. The second kappa shape index (κ2) is 19.3. The fourth-order valence-electron chi connectivity index (χ4n) is 1.83. The summed E-state index contributed by atoms with van der Waals surface area (Å²) in [5.41, 5.74) is 5.52. The van der Waals surface area contributed by atoms with Crippen molar-refractivity contribution < 1.29 is 0 Å². The van der Waals surface area contributed by atoms with Crippen molar-refractivity contribution in [3.8, 4) is 0 Å². The van der Waals surface area contributed by atoms with Crippen LogP contribution in [0.1, 0.15) is 79.1 Å². The zero-order chi connectivity index (χ0) is 14.1. The molecule has 112 valence electrons. The van der Waals surface area contributed by atoms with Gasteiger partial charge in [-0.05, 0) is 38.4 Å². The lowest BCUT2D eigenvalue weighted by Gasteiger charge is -2.09. The third kappa shape index (κ3) is 18.3. The van der Waals surface area contributed by atoms with E-state index in [1.54, 1.807) is 0 Å². The molecule has 0 aromatic heterocycles. The summed E-state index contributed by atoms with van der Waals surface area (Å²) in [5.74, 6) is 0.782. The van der Waals surface area contributed by atoms with Gasteiger partial charge in [0.2, 0.25) is 0 Å². The first-order valence-corrected chi connectivity index (χ1v) is 8.17. The highest BCUT2D eigenvalue weighted by molar-refractivity contribution is 4.56. The Morgan fingerprint density at radius 1 is 0.889 bits per heavy atom. The molecular weight excluding hydrogens is 220 g/mol. The van der Waals surface area contributed by atoms with Gasteiger partial charge in [0.05, 0.1) is 0 Å². The number of hydrogen-bond donors (Lipinski definition) is 2. The van der Waals surface area contributed by atoms with Crippen molar-refractivity contribution in [3.63, 3.8) is 0 Å². The van der Waals surface area contributed by atoms with Crippen LogP contribution in [0.25, 0.3) is 0 Å².